The number of rotatable bonds is 7. The molecule has 0 unspecified atom stereocenters. The van der Waals surface area contributed by atoms with Crippen LogP contribution in [0.1, 0.15) is 25.8 Å². The van der Waals surface area contributed by atoms with Gasteiger partial charge in [-0.2, -0.15) is 23.0 Å². The maximum Gasteiger partial charge on any atom is 0.416 e. The van der Waals surface area contributed by atoms with Crippen LogP contribution in [0.3, 0.4) is 0 Å². The van der Waals surface area contributed by atoms with Gasteiger partial charge in [-0.15, -0.1) is 0 Å². The summed E-state index contributed by atoms with van der Waals surface area (Å²) in [6, 6.07) is 10.2. The molecule has 0 fully saturated rings. The van der Waals surface area contributed by atoms with Gasteiger partial charge >= 0.3 is 11.7 Å². The first-order valence-electron chi connectivity index (χ1n) is 10.1. The Bertz CT molecular complexity index is 1300. The SMILES string of the molecule is CC(C)CCOc1c(-c2ccc(S(C)(=O)=O)cc2)cnn(-c2cccc(C(F)(F)F)c2)c1=O. The van der Waals surface area contributed by atoms with E-state index in [0.29, 0.717) is 23.5 Å². The van der Waals surface area contributed by atoms with Gasteiger partial charge in [0.25, 0.3) is 0 Å². The van der Waals surface area contributed by atoms with Crippen LogP contribution in [-0.4, -0.2) is 31.1 Å². The summed E-state index contributed by atoms with van der Waals surface area (Å²) in [4.78, 5) is 13.3. The Morgan fingerprint density at radius 3 is 2.33 bits per heavy atom. The lowest BCUT2D eigenvalue weighted by atomic mass is 10.1. The molecule has 3 rings (SSSR count). The highest BCUT2D eigenvalue weighted by molar-refractivity contribution is 7.90. The Kier molecular flexibility index (Phi) is 6.97. The number of alkyl halides is 3. The van der Waals surface area contributed by atoms with Crippen LogP contribution in [0.15, 0.2) is 64.4 Å². The van der Waals surface area contributed by atoms with Crippen LogP contribution >= 0.6 is 0 Å². The molecule has 2 aromatic carbocycles. The maximum atomic E-state index is 13.2. The molecule has 0 saturated heterocycles. The van der Waals surface area contributed by atoms with Gasteiger partial charge in [0.2, 0.25) is 0 Å². The molecule has 6 nitrogen and oxygen atoms in total. The molecule has 1 aromatic heterocycles. The molecule has 0 N–H and O–H groups in total. The van der Waals surface area contributed by atoms with Crippen LogP contribution in [0.5, 0.6) is 5.75 Å². The summed E-state index contributed by atoms with van der Waals surface area (Å²) in [5.41, 5.74) is -0.878. The summed E-state index contributed by atoms with van der Waals surface area (Å²) < 4.78 is 69.5. The summed E-state index contributed by atoms with van der Waals surface area (Å²) in [6.45, 7) is 4.19. The molecule has 1 heterocycles. The van der Waals surface area contributed by atoms with Gasteiger partial charge in [-0.1, -0.05) is 32.0 Å². The van der Waals surface area contributed by atoms with Crippen LogP contribution < -0.4 is 10.3 Å². The molecule has 33 heavy (non-hydrogen) atoms. The van der Waals surface area contributed by atoms with Crippen LogP contribution in [0.25, 0.3) is 16.8 Å². The van der Waals surface area contributed by atoms with E-state index in [9.17, 15) is 26.4 Å². The molecule has 0 saturated carbocycles. The Morgan fingerprint density at radius 2 is 1.76 bits per heavy atom. The number of halogens is 3. The lowest BCUT2D eigenvalue weighted by Crippen LogP contribution is -2.24. The molecule has 3 aromatic rings. The van der Waals surface area contributed by atoms with Crippen molar-refractivity contribution < 1.29 is 26.3 Å². The molecule has 0 bridgehead atoms. The van der Waals surface area contributed by atoms with Gasteiger partial charge in [0, 0.05) is 11.8 Å². The Hall–Kier alpha value is -3.14. The Balaban J connectivity index is 2.12. The molecule has 176 valence electrons. The summed E-state index contributed by atoms with van der Waals surface area (Å²) in [6.07, 6.45) is -1.52. The average molecular weight is 481 g/mol. The number of hydrogen-bond donors (Lipinski definition) is 0. The van der Waals surface area contributed by atoms with Gasteiger partial charge in [0.05, 0.1) is 29.0 Å². The fourth-order valence-corrected chi connectivity index (χ4v) is 3.69. The molecular weight excluding hydrogens is 457 g/mol. The minimum Gasteiger partial charge on any atom is -0.487 e. The van der Waals surface area contributed by atoms with Crippen LogP contribution in [0.4, 0.5) is 13.2 Å². The van der Waals surface area contributed by atoms with Crippen molar-refractivity contribution in [2.24, 2.45) is 5.92 Å². The zero-order chi connectivity index (χ0) is 24.4. The van der Waals surface area contributed by atoms with Crippen LogP contribution in [-0.2, 0) is 16.0 Å². The first-order chi connectivity index (χ1) is 15.4. The molecule has 0 aliphatic heterocycles. The van der Waals surface area contributed by atoms with Crippen molar-refractivity contribution in [3.05, 3.63) is 70.6 Å². The van der Waals surface area contributed by atoms with E-state index in [-0.39, 0.29) is 22.9 Å². The fourth-order valence-electron chi connectivity index (χ4n) is 3.06. The van der Waals surface area contributed by atoms with Crippen LogP contribution in [0, 0.1) is 5.92 Å². The molecule has 0 radical (unpaired) electrons. The van der Waals surface area contributed by atoms with E-state index in [2.05, 4.69) is 5.10 Å². The van der Waals surface area contributed by atoms with Crippen molar-refractivity contribution in [2.45, 2.75) is 31.3 Å². The Morgan fingerprint density at radius 1 is 1.09 bits per heavy atom. The highest BCUT2D eigenvalue weighted by atomic mass is 32.2. The van der Waals surface area contributed by atoms with E-state index >= 15 is 0 Å². The summed E-state index contributed by atoms with van der Waals surface area (Å²) in [5.74, 6) is 0.227. The van der Waals surface area contributed by atoms with Crippen LogP contribution in [0.2, 0.25) is 0 Å². The van der Waals surface area contributed by atoms with Crippen molar-refractivity contribution in [1.82, 2.24) is 9.78 Å². The summed E-state index contributed by atoms with van der Waals surface area (Å²) in [5, 5.41) is 4.06. The topological polar surface area (TPSA) is 78.3 Å². The third kappa shape index (κ3) is 5.81. The monoisotopic (exact) mass is 480 g/mol. The number of aromatic nitrogens is 2. The molecule has 0 atom stereocenters. The number of hydrogen-bond acceptors (Lipinski definition) is 5. The Labute approximate surface area is 189 Å². The van der Waals surface area contributed by atoms with E-state index < -0.39 is 27.1 Å². The summed E-state index contributed by atoms with van der Waals surface area (Å²) >= 11 is 0. The number of sulfone groups is 1. The first kappa shape index (κ1) is 24.5. The van der Waals surface area contributed by atoms with Crippen molar-refractivity contribution >= 4 is 9.84 Å². The quantitative estimate of drug-likeness (QED) is 0.488. The normalized spacial score (nSPS) is 12.2. The molecule has 0 aliphatic carbocycles. The van der Waals surface area contributed by atoms with E-state index in [1.165, 1.54) is 42.6 Å². The van der Waals surface area contributed by atoms with Crippen molar-refractivity contribution in [2.75, 3.05) is 12.9 Å². The third-order valence-corrected chi connectivity index (χ3v) is 6.02. The standard InChI is InChI=1S/C23H23F3N2O4S/c1-15(2)11-12-32-21-20(16-7-9-19(10-8-16)33(3,30)31)14-27-28(22(21)29)18-6-4-5-17(13-18)23(24,25)26/h4-10,13-15H,11-12H2,1-3H3. The zero-order valence-electron chi connectivity index (χ0n) is 18.3. The molecule has 0 amide bonds. The number of ether oxygens (including phenoxy) is 1. The van der Waals surface area contributed by atoms with Crippen molar-refractivity contribution in [3.8, 4) is 22.6 Å². The van der Waals surface area contributed by atoms with Gasteiger partial charge in [-0.3, -0.25) is 4.79 Å². The molecule has 10 heteroatoms. The summed E-state index contributed by atoms with van der Waals surface area (Å²) in [7, 11) is -3.41. The molecular formula is C23H23F3N2O4S. The van der Waals surface area contributed by atoms with Gasteiger partial charge < -0.3 is 4.74 Å². The van der Waals surface area contributed by atoms with E-state index in [4.69, 9.17) is 4.74 Å². The lowest BCUT2D eigenvalue weighted by Gasteiger charge is -2.15. The lowest BCUT2D eigenvalue weighted by molar-refractivity contribution is -0.137. The third-order valence-electron chi connectivity index (χ3n) is 4.89. The van der Waals surface area contributed by atoms with Gasteiger partial charge in [-0.25, -0.2) is 8.42 Å². The van der Waals surface area contributed by atoms with E-state index in [1.807, 2.05) is 13.8 Å². The van der Waals surface area contributed by atoms with Gasteiger partial charge in [0.1, 0.15) is 0 Å². The second-order valence-corrected chi connectivity index (χ2v) is 10.00. The molecule has 0 spiro atoms. The largest absolute Gasteiger partial charge is 0.487 e. The smallest absolute Gasteiger partial charge is 0.416 e. The van der Waals surface area contributed by atoms with E-state index in [1.54, 1.807) is 0 Å². The van der Waals surface area contributed by atoms with E-state index in [0.717, 1.165) is 23.1 Å². The maximum absolute atomic E-state index is 13.2. The second kappa shape index (κ2) is 9.38. The second-order valence-electron chi connectivity index (χ2n) is 7.98. The minimum atomic E-state index is -4.57. The predicted molar refractivity (Wildman–Crippen MR) is 118 cm³/mol. The number of nitrogens with zero attached hydrogens (tertiary/aromatic N) is 2. The molecule has 0 aliphatic rings. The minimum absolute atomic E-state index is 0.0532. The van der Waals surface area contributed by atoms with Crippen molar-refractivity contribution in [3.63, 3.8) is 0 Å². The zero-order valence-corrected chi connectivity index (χ0v) is 19.1. The predicted octanol–water partition coefficient (Wildman–Crippen LogP) is 4.75. The van der Waals surface area contributed by atoms with Crippen molar-refractivity contribution in [1.29, 1.82) is 0 Å². The van der Waals surface area contributed by atoms with Gasteiger partial charge in [0.15, 0.2) is 15.6 Å². The first-order valence-corrected chi connectivity index (χ1v) is 12.0. The average Bonchev–Trinajstić information content (AvgIpc) is 2.73. The fraction of sp³-hybridized carbons (Fsp3) is 0.304. The number of benzene rings is 2. The highest BCUT2D eigenvalue weighted by Crippen LogP contribution is 2.31. The van der Waals surface area contributed by atoms with Gasteiger partial charge in [-0.05, 0) is 48.2 Å². The highest BCUT2D eigenvalue weighted by Gasteiger charge is 2.31.